The van der Waals surface area contributed by atoms with Gasteiger partial charge < -0.3 is 15.5 Å². The molecule has 2 aromatic carbocycles. The highest BCUT2D eigenvalue weighted by Gasteiger charge is 2.14. The van der Waals surface area contributed by atoms with Crippen LogP contribution in [0.3, 0.4) is 0 Å². The van der Waals surface area contributed by atoms with Crippen LogP contribution in [0.15, 0.2) is 79.3 Å². The van der Waals surface area contributed by atoms with E-state index in [9.17, 15) is 4.79 Å². The number of benzene rings is 2. The van der Waals surface area contributed by atoms with E-state index < -0.39 is 0 Å². The summed E-state index contributed by atoms with van der Waals surface area (Å²) in [5.74, 6) is 0.333. The Labute approximate surface area is 234 Å². The number of rotatable bonds is 7. The number of amides is 1. The van der Waals surface area contributed by atoms with Crippen molar-refractivity contribution in [3.63, 3.8) is 0 Å². The molecule has 1 fully saturated rings. The Morgan fingerprint density at radius 1 is 0.974 bits per heavy atom. The number of carbonyl (C=O) groups is 1. The Kier molecular flexibility index (Phi) is 9.72. The predicted octanol–water partition coefficient (Wildman–Crippen LogP) is 6.11. The van der Waals surface area contributed by atoms with Crippen molar-refractivity contribution in [1.29, 1.82) is 0 Å². The largest absolute Gasteiger partial charge is 0.324 e. The van der Waals surface area contributed by atoms with Gasteiger partial charge in [-0.05, 0) is 67.6 Å². The number of hydrogen-bond acceptors (Lipinski definition) is 7. The first-order chi connectivity index (χ1) is 19.0. The Balaban J connectivity index is 0.00000144. The van der Waals surface area contributed by atoms with Gasteiger partial charge in [-0.15, -0.1) is 0 Å². The van der Waals surface area contributed by atoms with Crippen LogP contribution in [0.25, 0.3) is 11.3 Å². The summed E-state index contributed by atoms with van der Waals surface area (Å²) in [5.41, 5.74) is 6.08. The Morgan fingerprint density at radius 2 is 1.74 bits per heavy atom. The second-order valence-corrected chi connectivity index (χ2v) is 9.39. The highest BCUT2D eigenvalue weighted by Crippen LogP contribution is 2.24. The van der Waals surface area contributed by atoms with Crippen LogP contribution >= 0.6 is 0 Å². The quantitative estimate of drug-likeness (QED) is 0.300. The molecule has 0 saturated carbocycles. The molecule has 0 spiro atoms. The van der Waals surface area contributed by atoms with E-state index in [-0.39, 0.29) is 8.76 Å². The molecular formula is C31H41N7O. The van der Waals surface area contributed by atoms with E-state index in [0.29, 0.717) is 17.2 Å². The molecule has 1 aliphatic rings. The van der Waals surface area contributed by atoms with Gasteiger partial charge in [-0.2, -0.15) is 0 Å². The first-order valence-corrected chi connectivity index (χ1v) is 13.5. The average molecular weight is 528 g/mol. The standard InChI is InChI=1S/C29H31N7O.C2H6.2H2/c1-21-5-10-25(18-27(21)34-29-31-13-11-26(33-29)24-4-3-12-30-19-24)32-28(37)23-8-6-22(7-9-23)20-36-16-14-35(2)15-17-36;1-2;;/h3-13,18-19H,14-17,20H2,1-2H3,(H,32,37)(H,31,33,34);1-2H3;2*1H. The third-order valence-electron chi connectivity index (χ3n) is 6.57. The van der Waals surface area contributed by atoms with Crippen LogP contribution in [0.2, 0.25) is 0 Å². The number of pyridine rings is 1. The summed E-state index contributed by atoms with van der Waals surface area (Å²) in [4.78, 5) is 30.9. The van der Waals surface area contributed by atoms with Gasteiger partial charge in [-0.25, -0.2) is 9.97 Å². The van der Waals surface area contributed by atoms with Crippen molar-refractivity contribution in [2.75, 3.05) is 43.9 Å². The molecule has 8 heteroatoms. The number of anilines is 3. The smallest absolute Gasteiger partial charge is 0.255 e. The summed E-state index contributed by atoms with van der Waals surface area (Å²) in [6, 6.07) is 19.3. The Hall–Kier alpha value is -4.14. The zero-order valence-corrected chi connectivity index (χ0v) is 23.2. The number of carbonyl (C=O) groups excluding carboxylic acids is 1. The van der Waals surface area contributed by atoms with Crippen LogP contribution < -0.4 is 10.6 Å². The topological polar surface area (TPSA) is 86.3 Å². The minimum atomic E-state index is -0.143. The summed E-state index contributed by atoms with van der Waals surface area (Å²) in [6.07, 6.45) is 5.22. The lowest BCUT2D eigenvalue weighted by Crippen LogP contribution is -2.43. The van der Waals surface area contributed by atoms with Gasteiger partial charge in [0.05, 0.1) is 5.69 Å². The van der Waals surface area contributed by atoms with Crippen molar-refractivity contribution in [2.24, 2.45) is 0 Å². The molecule has 2 N–H and O–H groups in total. The van der Waals surface area contributed by atoms with Crippen LogP contribution in [-0.4, -0.2) is 63.9 Å². The van der Waals surface area contributed by atoms with Gasteiger partial charge in [0.25, 0.3) is 5.91 Å². The zero-order valence-electron chi connectivity index (χ0n) is 23.2. The van der Waals surface area contributed by atoms with Crippen molar-refractivity contribution in [2.45, 2.75) is 27.3 Å². The molecular weight excluding hydrogens is 486 g/mol. The SMILES string of the molecule is CC.Cc1ccc(NC(=O)c2ccc(CN3CCN(C)CC3)cc2)cc1Nc1nccc(-c2cccnc2)n1.[HH].[HH]. The summed E-state index contributed by atoms with van der Waals surface area (Å²) < 4.78 is 0. The van der Waals surface area contributed by atoms with Crippen LogP contribution in [-0.2, 0) is 6.54 Å². The van der Waals surface area contributed by atoms with E-state index in [2.05, 4.69) is 42.4 Å². The molecule has 5 rings (SSSR count). The van der Waals surface area contributed by atoms with Crippen LogP contribution in [0.1, 0.15) is 38.2 Å². The third kappa shape index (κ3) is 7.69. The number of likely N-dealkylation sites (N-methyl/N-ethyl adjacent to an activating group) is 1. The third-order valence-corrected chi connectivity index (χ3v) is 6.57. The monoisotopic (exact) mass is 527 g/mol. The molecule has 0 atom stereocenters. The summed E-state index contributed by atoms with van der Waals surface area (Å²) >= 11 is 0. The molecule has 2 aromatic heterocycles. The van der Waals surface area contributed by atoms with Gasteiger partial charge in [0.1, 0.15) is 0 Å². The minimum Gasteiger partial charge on any atom is -0.324 e. The van der Waals surface area contributed by atoms with Crippen molar-refractivity contribution >= 4 is 23.2 Å². The van der Waals surface area contributed by atoms with E-state index in [1.165, 1.54) is 5.56 Å². The molecule has 1 aliphatic heterocycles. The van der Waals surface area contributed by atoms with Crippen LogP contribution in [0.5, 0.6) is 0 Å². The van der Waals surface area contributed by atoms with Gasteiger partial charge >= 0.3 is 0 Å². The number of nitrogens with one attached hydrogen (secondary N) is 2. The van der Waals surface area contributed by atoms with E-state index in [4.69, 9.17) is 0 Å². The fourth-order valence-corrected chi connectivity index (χ4v) is 4.28. The maximum atomic E-state index is 12.9. The lowest BCUT2D eigenvalue weighted by Gasteiger charge is -2.32. The number of hydrogen-bond donors (Lipinski definition) is 2. The molecule has 0 unspecified atom stereocenters. The van der Waals surface area contributed by atoms with Gasteiger partial charge in [0.15, 0.2) is 0 Å². The predicted molar refractivity (Wildman–Crippen MR) is 162 cm³/mol. The Morgan fingerprint density at radius 3 is 2.46 bits per heavy atom. The van der Waals surface area contributed by atoms with Crippen LogP contribution in [0, 0.1) is 6.92 Å². The van der Waals surface area contributed by atoms with E-state index in [0.717, 1.165) is 55.2 Å². The molecule has 0 bridgehead atoms. The first-order valence-electron chi connectivity index (χ1n) is 13.5. The number of aromatic nitrogens is 3. The molecule has 3 heterocycles. The molecule has 1 saturated heterocycles. The molecule has 206 valence electrons. The number of aryl methyl sites for hydroxylation is 1. The van der Waals surface area contributed by atoms with Gasteiger partial charge in [-0.1, -0.05) is 32.0 Å². The fraction of sp³-hybridized carbons (Fsp3) is 0.290. The molecule has 1 amide bonds. The molecule has 4 aromatic rings. The fourth-order valence-electron chi connectivity index (χ4n) is 4.28. The summed E-state index contributed by atoms with van der Waals surface area (Å²) in [5, 5.41) is 6.29. The van der Waals surface area contributed by atoms with Crippen LogP contribution in [0.4, 0.5) is 17.3 Å². The summed E-state index contributed by atoms with van der Waals surface area (Å²) in [6.45, 7) is 11.2. The van der Waals surface area contributed by atoms with E-state index in [1.54, 1.807) is 18.6 Å². The highest BCUT2D eigenvalue weighted by atomic mass is 16.1. The lowest BCUT2D eigenvalue weighted by molar-refractivity contribution is 0.102. The van der Waals surface area contributed by atoms with Crippen molar-refractivity contribution in [3.8, 4) is 11.3 Å². The minimum absolute atomic E-state index is 0. The van der Waals surface area contributed by atoms with Gasteiger partial charge in [0, 0.05) is 76.7 Å². The Bertz CT molecular complexity index is 1360. The maximum Gasteiger partial charge on any atom is 0.255 e. The van der Waals surface area contributed by atoms with Gasteiger partial charge in [0.2, 0.25) is 5.95 Å². The van der Waals surface area contributed by atoms with Crippen molar-refractivity contribution in [1.82, 2.24) is 24.8 Å². The molecule has 39 heavy (non-hydrogen) atoms. The average Bonchev–Trinajstić information content (AvgIpc) is 2.98. The van der Waals surface area contributed by atoms with Gasteiger partial charge in [-0.3, -0.25) is 14.7 Å². The number of piperazine rings is 1. The second kappa shape index (κ2) is 13.6. The van der Waals surface area contributed by atoms with E-state index >= 15 is 0 Å². The maximum absolute atomic E-state index is 12.9. The van der Waals surface area contributed by atoms with Crippen molar-refractivity contribution < 1.29 is 7.65 Å². The highest BCUT2D eigenvalue weighted by molar-refractivity contribution is 6.04. The molecule has 0 radical (unpaired) electrons. The zero-order chi connectivity index (χ0) is 27.6. The van der Waals surface area contributed by atoms with E-state index in [1.807, 2.05) is 81.4 Å². The lowest BCUT2D eigenvalue weighted by atomic mass is 10.1. The number of nitrogens with zero attached hydrogens (tertiary/aromatic N) is 5. The molecule has 8 nitrogen and oxygen atoms in total. The van der Waals surface area contributed by atoms with Crippen molar-refractivity contribution in [3.05, 3.63) is 95.9 Å². The summed E-state index contributed by atoms with van der Waals surface area (Å²) in [7, 11) is 2.16. The first kappa shape index (κ1) is 27.9. The molecule has 0 aliphatic carbocycles. The second-order valence-electron chi connectivity index (χ2n) is 9.39. The normalized spacial score (nSPS) is 13.7.